The fourth-order valence-electron chi connectivity index (χ4n) is 2.84. The molecule has 2 aromatic carbocycles. The molecule has 0 fully saturated rings. The Morgan fingerprint density at radius 1 is 1.11 bits per heavy atom. The molecular formula is C20H22N4O3S. The standard InChI is InChI=1S/C20H22N4O3S/c1-24(2)19-13-17(16-5-3-4-6-18(16)23-19)20(25)22-12-11-14-7-9-15(10-8-14)28(21,26)27/h3-10,13H,11-12H2,1-2H3,(H,22,25)(H2,21,26,27). The quantitative estimate of drug-likeness (QED) is 0.660. The van der Waals surface area contributed by atoms with Crippen molar-refractivity contribution in [2.75, 3.05) is 25.5 Å². The van der Waals surface area contributed by atoms with Gasteiger partial charge in [0, 0.05) is 26.0 Å². The number of carbonyl (C=O) groups is 1. The van der Waals surface area contributed by atoms with Crippen LogP contribution in [0.1, 0.15) is 15.9 Å². The minimum atomic E-state index is -3.70. The number of anilines is 1. The van der Waals surface area contributed by atoms with Gasteiger partial charge in [-0.25, -0.2) is 18.5 Å². The SMILES string of the molecule is CN(C)c1cc(C(=O)NCCc2ccc(S(N)(=O)=O)cc2)c2ccccc2n1. The number of benzene rings is 2. The molecule has 0 aliphatic carbocycles. The van der Waals surface area contributed by atoms with Crippen LogP contribution in [0.25, 0.3) is 10.9 Å². The van der Waals surface area contributed by atoms with Crippen LogP contribution >= 0.6 is 0 Å². The number of sulfonamides is 1. The molecule has 0 radical (unpaired) electrons. The van der Waals surface area contributed by atoms with Crippen LogP contribution in [0.4, 0.5) is 5.82 Å². The molecule has 8 heteroatoms. The van der Waals surface area contributed by atoms with E-state index in [2.05, 4.69) is 10.3 Å². The van der Waals surface area contributed by atoms with Gasteiger partial charge in [0.25, 0.3) is 5.91 Å². The van der Waals surface area contributed by atoms with Crippen LogP contribution in [0.5, 0.6) is 0 Å². The molecule has 1 aromatic heterocycles. The number of nitrogens with zero attached hydrogens (tertiary/aromatic N) is 2. The number of hydrogen-bond acceptors (Lipinski definition) is 5. The van der Waals surface area contributed by atoms with E-state index in [-0.39, 0.29) is 10.8 Å². The second kappa shape index (κ2) is 7.95. The predicted molar refractivity (Wildman–Crippen MR) is 110 cm³/mol. The van der Waals surface area contributed by atoms with E-state index in [0.717, 1.165) is 16.5 Å². The van der Waals surface area contributed by atoms with E-state index in [4.69, 9.17) is 5.14 Å². The smallest absolute Gasteiger partial charge is 0.252 e. The zero-order chi connectivity index (χ0) is 20.3. The summed E-state index contributed by atoms with van der Waals surface area (Å²) in [5.41, 5.74) is 2.23. The molecule has 0 unspecified atom stereocenters. The van der Waals surface area contributed by atoms with Gasteiger partial charge < -0.3 is 10.2 Å². The van der Waals surface area contributed by atoms with E-state index in [9.17, 15) is 13.2 Å². The molecule has 0 aliphatic rings. The lowest BCUT2D eigenvalue weighted by Gasteiger charge is -2.15. The fraction of sp³-hybridized carbons (Fsp3) is 0.200. The molecule has 0 aliphatic heterocycles. The maximum Gasteiger partial charge on any atom is 0.252 e. The predicted octanol–water partition coefficient (Wildman–Crippen LogP) is 1.92. The molecule has 28 heavy (non-hydrogen) atoms. The van der Waals surface area contributed by atoms with Crippen molar-refractivity contribution in [3.8, 4) is 0 Å². The molecule has 0 saturated carbocycles. The van der Waals surface area contributed by atoms with Crippen molar-refractivity contribution in [1.29, 1.82) is 0 Å². The minimum Gasteiger partial charge on any atom is -0.363 e. The van der Waals surface area contributed by atoms with Crippen LogP contribution in [-0.2, 0) is 16.4 Å². The molecule has 0 spiro atoms. The van der Waals surface area contributed by atoms with Crippen molar-refractivity contribution in [2.24, 2.45) is 5.14 Å². The average molecular weight is 398 g/mol. The molecule has 0 atom stereocenters. The van der Waals surface area contributed by atoms with Crippen molar-refractivity contribution in [3.63, 3.8) is 0 Å². The van der Waals surface area contributed by atoms with Crippen LogP contribution in [0, 0.1) is 0 Å². The molecule has 3 N–H and O–H groups in total. The number of nitrogens with two attached hydrogens (primary N) is 1. The van der Waals surface area contributed by atoms with Gasteiger partial charge in [0.15, 0.2) is 0 Å². The summed E-state index contributed by atoms with van der Waals surface area (Å²) in [5, 5.41) is 8.81. The average Bonchev–Trinajstić information content (AvgIpc) is 2.66. The van der Waals surface area contributed by atoms with E-state index in [1.165, 1.54) is 12.1 Å². The Balaban J connectivity index is 1.73. The first-order valence-electron chi connectivity index (χ1n) is 8.73. The normalized spacial score (nSPS) is 11.4. The number of carbonyl (C=O) groups excluding carboxylic acids is 1. The Kier molecular flexibility index (Phi) is 5.62. The van der Waals surface area contributed by atoms with Gasteiger partial charge in [0.2, 0.25) is 10.0 Å². The number of fused-ring (bicyclic) bond motifs is 1. The molecule has 146 valence electrons. The number of rotatable bonds is 6. The second-order valence-corrected chi connectivity index (χ2v) is 8.20. The lowest BCUT2D eigenvalue weighted by atomic mass is 10.1. The maximum atomic E-state index is 12.8. The van der Waals surface area contributed by atoms with E-state index in [1.807, 2.05) is 43.3 Å². The van der Waals surface area contributed by atoms with Gasteiger partial charge in [-0.1, -0.05) is 30.3 Å². The van der Waals surface area contributed by atoms with Crippen molar-refractivity contribution >= 4 is 32.7 Å². The van der Waals surface area contributed by atoms with Gasteiger partial charge >= 0.3 is 0 Å². The highest BCUT2D eigenvalue weighted by Gasteiger charge is 2.13. The molecule has 1 heterocycles. The van der Waals surface area contributed by atoms with Crippen LogP contribution < -0.4 is 15.4 Å². The van der Waals surface area contributed by atoms with Gasteiger partial charge in [-0.2, -0.15) is 0 Å². The monoisotopic (exact) mass is 398 g/mol. The zero-order valence-corrected chi connectivity index (χ0v) is 16.5. The Labute approximate surface area is 164 Å². The molecule has 1 amide bonds. The van der Waals surface area contributed by atoms with Crippen LogP contribution in [0.3, 0.4) is 0 Å². The van der Waals surface area contributed by atoms with Crippen molar-refractivity contribution in [3.05, 3.63) is 65.7 Å². The largest absolute Gasteiger partial charge is 0.363 e. The number of aromatic nitrogens is 1. The fourth-order valence-corrected chi connectivity index (χ4v) is 3.36. The summed E-state index contributed by atoms with van der Waals surface area (Å²) < 4.78 is 22.6. The Hall–Kier alpha value is -2.97. The van der Waals surface area contributed by atoms with Gasteiger partial charge in [-0.3, -0.25) is 4.79 Å². The summed E-state index contributed by atoms with van der Waals surface area (Å²) in [6, 6.07) is 15.6. The van der Waals surface area contributed by atoms with Crippen molar-refractivity contribution in [2.45, 2.75) is 11.3 Å². The molecule has 3 rings (SSSR count). The Morgan fingerprint density at radius 2 is 1.79 bits per heavy atom. The van der Waals surface area contributed by atoms with E-state index in [1.54, 1.807) is 18.2 Å². The highest BCUT2D eigenvalue weighted by molar-refractivity contribution is 7.89. The highest BCUT2D eigenvalue weighted by Crippen LogP contribution is 2.22. The van der Waals surface area contributed by atoms with E-state index in [0.29, 0.717) is 24.3 Å². The molecular weight excluding hydrogens is 376 g/mol. The summed E-state index contributed by atoms with van der Waals surface area (Å²) in [7, 11) is 0.0568. The maximum absolute atomic E-state index is 12.8. The minimum absolute atomic E-state index is 0.0692. The van der Waals surface area contributed by atoms with Gasteiger partial charge in [-0.05, 0) is 36.2 Å². The lowest BCUT2D eigenvalue weighted by Crippen LogP contribution is -2.26. The molecule has 7 nitrogen and oxygen atoms in total. The Morgan fingerprint density at radius 3 is 2.43 bits per heavy atom. The first-order valence-corrected chi connectivity index (χ1v) is 10.3. The third-order valence-electron chi connectivity index (χ3n) is 4.36. The lowest BCUT2D eigenvalue weighted by molar-refractivity contribution is 0.0955. The summed E-state index contributed by atoms with van der Waals surface area (Å²) >= 11 is 0. The highest BCUT2D eigenvalue weighted by atomic mass is 32.2. The first-order chi connectivity index (χ1) is 13.3. The molecule has 0 saturated heterocycles. The topological polar surface area (TPSA) is 105 Å². The van der Waals surface area contributed by atoms with Crippen LogP contribution in [-0.4, -0.2) is 39.9 Å². The number of para-hydroxylation sites is 1. The third-order valence-corrected chi connectivity index (χ3v) is 5.29. The van der Waals surface area contributed by atoms with Gasteiger partial charge in [-0.15, -0.1) is 0 Å². The molecule has 0 bridgehead atoms. The Bertz CT molecular complexity index is 1110. The first kappa shape index (κ1) is 19.8. The summed E-state index contributed by atoms with van der Waals surface area (Å²) in [5.74, 6) is 0.533. The summed E-state index contributed by atoms with van der Waals surface area (Å²) in [6.45, 7) is 0.418. The van der Waals surface area contributed by atoms with Crippen molar-refractivity contribution < 1.29 is 13.2 Å². The van der Waals surface area contributed by atoms with Gasteiger partial charge in [0.05, 0.1) is 16.0 Å². The van der Waals surface area contributed by atoms with E-state index < -0.39 is 10.0 Å². The van der Waals surface area contributed by atoms with Gasteiger partial charge in [0.1, 0.15) is 5.82 Å². The number of pyridine rings is 1. The van der Waals surface area contributed by atoms with E-state index >= 15 is 0 Å². The number of amides is 1. The molecule has 3 aromatic rings. The summed E-state index contributed by atoms with van der Waals surface area (Å²) in [4.78, 5) is 19.2. The van der Waals surface area contributed by atoms with Crippen LogP contribution in [0.15, 0.2) is 59.5 Å². The van der Waals surface area contributed by atoms with Crippen LogP contribution in [0.2, 0.25) is 0 Å². The zero-order valence-electron chi connectivity index (χ0n) is 15.7. The second-order valence-electron chi connectivity index (χ2n) is 6.63. The number of nitrogens with one attached hydrogen (secondary N) is 1. The summed E-state index contributed by atoms with van der Waals surface area (Å²) in [6.07, 6.45) is 0.570. The number of hydrogen-bond donors (Lipinski definition) is 2. The third kappa shape index (κ3) is 4.47. The number of primary sulfonamides is 1. The van der Waals surface area contributed by atoms with Crippen molar-refractivity contribution in [1.82, 2.24) is 10.3 Å².